The quantitative estimate of drug-likeness (QED) is 0.909. The van der Waals surface area contributed by atoms with Gasteiger partial charge in [-0.1, -0.05) is 6.07 Å². The first-order valence-electron chi connectivity index (χ1n) is 6.91. The van der Waals surface area contributed by atoms with Gasteiger partial charge in [-0.15, -0.1) is 0 Å². The molecule has 1 aliphatic heterocycles. The predicted molar refractivity (Wildman–Crippen MR) is 74.1 cm³/mol. The maximum atomic E-state index is 12.1. The Hall–Kier alpha value is -1.91. The highest BCUT2D eigenvalue weighted by Crippen LogP contribution is 2.31. The molecule has 1 N–H and O–H groups in total. The zero-order chi connectivity index (χ0) is 14.6. The van der Waals surface area contributed by atoms with Gasteiger partial charge in [-0.25, -0.2) is 0 Å². The molecule has 0 aliphatic carbocycles. The van der Waals surface area contributed by atoms with Crippen LogP contribution in [-0.2, 0) is 16.0 Å². The fourth-order valence-corrected chi connectivity index (χ4v) is 2.42. The molecule has 0 spiro atoms. The fraction of sp³-hybridized carbons (Fsp3) is 0.533. The molecule has 1 aliphatic rings. The van der Waals surface area contributed by atoms with Gasteiger partial charge in [0.05, 0.1) is 5.41 Å². The number of nitrogens with zero attached hydrogens (tertiary/aromatic N) is 2. The molecular weight excluding hydrogens is 256 g/mol. The third-order valence-electron chi connectivity index (χ3n) is 4.09. The van der Waals surface area contributed by atoms with E-state index < -0.39 is 11.4 Å². The lowest BCUT2D eigenvalue weighted by molar-refractivity contribution is -0.153. The average Bonchev–Trinajstić information content (AvgIpc) is 2.46. The van der Waals surface area contributed by atoms with Crippen LogP contribution >= 0.6 is 0 Å². The first kappa shape index (κ1) is 14.5. The average molecular weight is 276 g/mol. The van der Waals surface area contributed by atoms with Gasteiger partial charge >= 0.3 is 5.97 Å². The van der Waals surface area contributed by atoms with Crippen molar-refractivity contribution < 1.29 is 14.7 Å². The molecule has 20 heavy (non-hydrogen) atoms. The Morgan fingerprint density at radius 1 is 1.40 bits per heavy atom. The molecule has 0 radical (unpaired) electrons. The molecule has 0 unspecified atom stereocenters. The highest BCUT2D eigenvalue weighted by atomic mass is 16.4. The predicted octanol–water partition coefficient (Wildman–Crippen LogP) is 1.73. The molecule has 0 bridgehead atoms. The second-order valence-corrected chi connectivity index (χ2v) is 5.61. The molecule has 1 aromatic rings. The molecule has 1 saturated heterocycles. The van der Waals surface area contributed by atoms with Gasteiger partial charge in [-0.3, -0.25) is 14.6 Å². The Kier molecular flexibility index (Phi) is 4.37. The zero-order valence-electron chi connectivity index (χ0n) is 11.7. The fourth-order valence-electron chi connectivity index (χ4n) is 2.42. The first-order chi connectivity index (χ1) is 9.51. The Labute approximate surface area is 118 Å². The minimum Gasteiger partial charge on any atom is -0.481 e. The number of amides is 1. The van der Waals surface area contributed by atoms with Crippen molar-refractivity contribution in [2.45, 2.75) is 32.6 Å². The van der Waals surface area contributed by atoms with Crippen molar-refractivity contribution in [2.24, 2.45) is 5.41 Å². The first-order valence-corrected chi connectivity index (χ1v) is 6.91. The minimum atomic E-state index is -0.764. The zero-order valence-corrected chi connectivity index (χ0v) is 11.7. The number of carbonyl (C=O) groups excluding carboxylic acids is 1. The van der Waals surface area contributed by atoms with Crippen molar-refractivity contribution >= 4 is 11.9 Å². The number of rotatable bonds is 4. The van der Waals surface area contributed by atoms with Gasteiger partial charge in [0.25, 0.3) is 0 Å². The van der Waals surface area contributed by atoms with Crippen molar-refractivity contribution in [1.82, 2.24) is 9.88 Å². The molecule has 2 heterocycles. The number of carbonyl (C=O) groups is 2. The number of carboxylic acids is 1. The van der Waals surface area contributed by atoms with Crippen LogP contribution in [0.15, 0.2) is 24.5 Å². The second-order valence-electron chi connectivity index (χ2n) is 5.61. The standard InChI is InChI=1S/C15H20N2O3/c1-15(14(19)20)6-9-17(10-7-15)13(18)5-4-12-3-2-8-16-11-12/h2-3,8,11H,4-7,9-10H2,1H3,(H,19,20). The molecule has 5 nitrogen and oxygen atoms in total. The minimum absolute atomic E-state index is 0.0984. The number of aromatic nitrogens is 1. The van der Waals surface area contributed by atoms with Crippen molar-refractivity contribution in [1.29, 1.82) is 0 Å². The van der Waals surface area contributed by atoms with Crippen LogP contribution in [-0.4, -0.2) is 40.0 Å². The summed E-state index contributed by atoms with van der Waals surface area (Å²) in [6, 6.07) is 3.82. The maximum absolute atomic E-state index is 12.1. The topological polar surface area (TPSA) is 70.5 Å². The molecule has 1 fully saturated rings. The number of piperidine rings is 1. The van der Waals surface area contributed by atoms with Crippen LogP contribution in [0.3, 0.4) is 0 Å². The Morgan fingerprint density at radius 3 is 2.65 bits per heavy atom. The van der Waals surface area contributed by atoms with E-state index in [-0.39, 0.29) is 5.91 Å². The summed E-state index contributed by atoms with van der Waals surface area (Å²) in [5, 5.41) is 9.16. The summed E-state index contributed by atoms with van der Waals surface area (Å²) in [6.07, 6.45) is 5.67. The highest BCUT2D eigenvalue weighted by Gasteiger charge is 2.37. The van der Waals surface area contributed by atoms with Crippen LogP contribution in [0.2, 0.25) is 0 Å². The monoisotopic (exact) mass is 276 g/mol. The van der Waals surface area contributed by atoms with Gasteiger partial charge in [0.1, 0.15) is 0 Å². The van der Waals surface area contributed by atoms with Crippen molar-refractivity contribution in [3.63, 3.8) is 0 Å². The summed E-state index contributed by atoms with van der Waals surface area (Å²) >= 11 is 0. The summed E-state index contributed by atoms with van der Waals surface area (Å²) in [5.74, 6) is -0.666. The molecule has 0 atom stereocenters. The number of carboxylic acid groups (broad SMARTS) is 1. The van der Waals surface area contributed by atoms with Gasteiger partial charge in [0.15, 0.2) is 0 Å². The Bertz CT molecular complexity index is 479. The maximum Gasteiger partial charge on any atom is 0.309 e. The summed E-state index contributed by atoms with van der Waals surface area (Å²) in [4.78, 5) is 29.1. The van der Waals surface area contributed by atoms with Gasteiger partial charge in [0, 0.05) is 31.9 Å². The van der Waals surface area contributed by atoms with E-state index in [1.54, 1.807) is 24.2 Å². The SMILES string of the molecule is CC1(C(=O)O)CCN(C(=O)CCc2cccnc2)CC1. The third kappa shape index (κ3) is 3.35. The van der Waals surface area contributed by atoms with Crippen LogP contribution in [0, 0.1) is 5.41 Å². The van der Waals surface area contributed by atoms with Crippen LogP contribution < -0.4 is 0 Å². The molecular formula is C15H20N2O3. The second kappa shape index (κ2) is 6.03. The van der Waals surface area contributed by atoms with E-state index in [1.807, 2.05) is 12.1 Å². The lowest BCUT2D eigenvalue weighted by Crippen LogP contribution is -2.45. The third-order valence-corrected chi connectivity index (χ3v) is 4.09. The number of aliphatic carboxylic acids is 1. The highest BCUT2D eigenvalue weighted by molar-refractivity contribution is 5.78. The van der Waals surface area contributed by atoms with Crippen LogP contribution in [0.1, 0.15) is 31.7 Å². The van der Waals surface area contributed by atoms with Crippen LogP contribution in [0.25, 0.3) is 0 Å². The summed E-state index contributed by atoms with van der Waals surface area (Å²) < 4.78 is 0. The molecule has 2 rings (SSSR count). The van der Waals surface area contributed by atoms with E-state index in [0.717, 1.165) is 5.56 Å². The van der Waals surface area contributed by atoms with Crippen molar-refractivity contribution in [3.05, 3.63) is 30.1 Å². The number of aryl methyl sites for hydroxylation is 1. The van der Waals surface area contributed by atoms with Crippen molar-refractivity contribution in [3.8, 4) is 0 Å². The van der Waals surface area contributed by atoms with E-state index in [0.29, 0.717) is 38.8 Å². The molecule has 108 valence electrons. The Balaban J connectivity index is 1.82. The molecule has 5 heteroatoms. The normalized spacial score (nSPS) is 17.8. The van der Waals surface area contributed by atoms with E-state index in [4.69, 9.17) is 5.11 Å². The number of hydrogen-bond acceptors (Lipinski definition) is 3. The molecule has 1 amide bonds. The summed E-state index contributed by atoms with van der Waals surface area (Å²) in [7, 11) is 0. The lowest BCUT2D eigenvalue weighted by Gasteiger charge is -2.36. The van der Waals surface area contributed by atoms with E-state index in [9.17, 15) is 9.59 Å². The number of hydrogen-bond donors (Lipinski definition) is 1. The van der Waals surface area contributed by atoms with Gasteiger partial charge in [-0.2, -0.15) is 0 Å². The molecule has 0 aromatic carbocycles. The van der Waals surface area contributed by atoms with Gasteiger partial charge < -0.3 is 10.0 Å². The largest absolute Gasteiger partial charge is 0.481 e. The van der Waals surface area contributed by atoms with Crippen LogP contribution in [0.5, 0.6) is 0 Å². The van der Waals surface area contributed by atoms with Crippen molar-refractivity contribution in [2.75, 3.05) is 13.1 Å². The van der Waals surface area contributed by atoms with E-state index in [2.05, 4.69) is 4.98 Å². The summed E-state index contributed by atoms with van der Waals surface area (Å²) in [6.45, 7) is 2.83. The van der Waals surface area contributed by atoms with Crippen LogP contribution in [0.4, 0.5) is 0 Å². The molecule has 0 saturated carbocycles. The van der Waals surface area contributed by atoms with Gasteiger partial charge in [0.2, 0.25) is 5.91 Å². The lowest BCUT2D eigenvalue weighted by atomic mass is 9.80. The Morgan fingerprint density at radius 2 is 2.10 bits per heavy atom. The summed E-state index contributed by atoms with van der Waals surface area (Å²) in [5.41, 5.74) is 0.369. The van der Waals surface area contributed by atoms with Gasteiger partial charge in [-0.05, 0) is 37.8 Å². The number of pyridine rings is 1. The molecule has 1 aromatic heterocycles. The smallest absolute Gasteiger partial charge is 0.309 e. The van der Waals surface area contributed by atoms with E-state index in [1.165, 1.54) is 0 Å². The number of likely N-dealkylation sites (tertiary alicyclic amines) is 1. The van der Waals surface area contributed by atoms with E-state index >= 15 is 0 Å².